The number of aliphatic hydroxyl groups is 2. The minimum atomic E-state index is -0.708. The molecule has 4 fully saturated rings. The van der Waals surface area contributed by atoms with E-state index in [0.717, 1.165) is 38.5 Å². The number of rotatable bonds is 4. The van der Waals surface area contributed by atoms with Gasteiger partial charge in [-0.15, -0.1) is 0 Å². The van der Waals surface area contributed by atoms with Crippen molar-refractivity contribution in [1.29, 1.82) is 0 Å². The average molecular weight is 407 g/mol. The summed E-state index contributed by atoms with van der Waals surface area (Å²) in [5.74, 6) is 3.07. The summed E-state index contributed by atoms with van der Waals surface area (Å²) in [6.07, 6.45) is 7.91. The molecule has 4 aliphatic rings. The third kappa shape index (κ3) is 3.28. The van der Waals surface area contributed by atoms with E-state index in [1.165, 1.54) is 12.8 Å². The summed E-state index contributed by atoms with van der Waals surface area (Å²) >= 11 is 0. The standard InChI is InChI=1S/C25H42O4/c1-14(5-8-22(28)29)18-6-7-19-23-15(2)11-16-12-17(26)9-10-24(16,3)20(23)13-21(27)25(18,19)4/h14-21,23,26-27H,5-13H2,1-4H3,(H,28,29)/t14-,15?,16-,17-,18-,19+,20+,21+,23+,24+,25-/m1/s1. The average Bonchev–Trinajstić information content (AvgIpc) is 3.01. The fourth-order valence-electron chi connectivity index (χ4n) is 9.10. The molecule has 4 saturated carbocycles. The summed E-state index contributed by atoms with van der Waals surface area (Å²) in [6, 6.07) is 0. The molecule has 0 radical (unpaired) electrons. The Hall–Kier alpha value is -0.610. The molecule has 0 bridgehead atoms. The van der Waals surface area contributed by atoms with Crippen molar-refractivity contribution in [3.05, 3.63) is 0 Å². The highest BCUT2D eigenvalue weighted by Crippen LogP contribution is 2.69. The Kier molecular flexibility index (Phi) is 5.60. The first-order valence-electron chi connectivity index (χ1n) is 12.2. The largest absolute Gasteiger partial charge is 0.481 e. The molecule has 29 heavy (non-hydrogen) atoms. The molecule has 1 unspecified atom stereocenters. The van der Waals surface area contributed by atoms with Gasteiger partial charge in [0.2, 0.25) is 0 Å². The summed E-state index contributed by atoms with van der Waals surface area (Å²) in [6.45, 7) is 9.44. The minimum Gasteiger partial charge on any atom is -0.481 e. The van der Waals surface area contributed by atoms with Crippen LogP contribution in [0.15, 0.2) is 0 Å². The lowest BCUT2D eigenvalue weighted by molar-refractivity contribution is -0.190. The van der Waals surface area contributed by atoms with Gasteiger partial charge in [0.15, 0.2) is 0 Å². The van der Waals surface area contributed by atoms with E-state index < -0.39 is 5.97 Å². The Labute approximate surface area is 176 Å². The molecule has 0 aromatic rings. The van der Waals surface area contributed by atoms with E-state index in [0.29, 0.717) is 41.4 Å². The Morgan fingerprint density at radius 1 is 1.07 bits per heavy atom. The van der Waals surface area contributed by atoms with Gasteiger partial charge in [0.05, 0.1) is 12.2 Å². The van der Waals surface area contributed by atoms with Crippen molar-refractivity contribution < 1.29 is 20.1 Å². The quantitative estimate of drug-likeness (QED) is 0.631. The molecule has 0 aromatic heterocycles. The maximum Gasteiger partial charge on any atom is 0.303 e. The maximum atomic E-state index is 11.6. The van der Waals surface area contributed by atoms with Gasteiger partial charge in [0, 0.05) is 6.42 Å². The molecule has 166 valence electrons. The molecule has 0 spiro atoms. The Morgan fingerprint density at radius 2 is 1.79 bits per heavy atom. The summed E-state index contributed by atoms with van der Waals surface area (Å²) in [5.41, 5.74) is 0.177. The van der Waals surface area contributed by atoms with E-state index in [-0.39, 0.29) is 29.5 Å². The smallest absolute Gasteiger partial charge is 0.303 e. The predicted molar refractivity (Wildman–Crippen MR) is 113 cm³/mol. The molecular formula is C25H42O4. The van der Waals surface area contributed by atoms with Crippen molar-refractivity contribution in [2.75, 3.05) is 0 Å². The van der Waals surface area contributed by atoms with Gasteiger partial charge >= 0.3 is 5.97 Å². The lowest BCUT2D eigenvalue weighted by Crippen LogP contribution is -2.60. The third-order valence-electron chi connectivity index (χ3n) is 10.7. The van der Waals surface area contributed by atoms with E-state index in [4.69, 9.17) is 5.11 Å². The highest BCUT2D eigenvalue weighted by molar-refractivity contribution is 5.66. The van der Waals surface area contributed by atoms with Gasteiger partial charge in [-0.1, -0.05) is 27.7 Å². The van der Waals surface area contributed by atoms with Crippen LogP contribution >= 0.6 is 0 Å². The number of hydrogen-bond donors (Lipinski definition) is 3. The highest BCUT2D eigenvalue weighted by atomic mass is 16.4. The second-order valence-corrected chi connectivity index (χ2v) is 11.8. The van der Waals surface area contributed by atoms with Crippen LogP contribution in [0.1, 0.15) is 85.5 Å². The van der Waals surface area contributed by atoms with Crippen LogP contribution in [0.2, 0.25) is 0 Å². The Bertz CT molecular complexity index is 634. The van der Waals surface area contributed by atoms with Crippen LogP contribution in [0.25, 0.3) is 0 Å². The zero-order valence-corrected chi connectivity index (χ0v) is 18.8. The van der Waals surface area contributed by atoms with Crippen molar-refractivity contribution in [2.45, 2.75) is 97.7 Å². The van der Waals surface area contributed by atoms with Gasteiger partial charge in [-0.25, -0.2) is 0 Å². The van der Waals surface area contributed by atoms with Crippen LogP contribution in [0.3, 0.4) is 0 Å². The zero-order valence-electron chi connectivity index (χ0n) is 18.8. The number of carboxylic acids is 1. The molecule has 0 heterocycles. The molecule has 4 nitrogen and oxygen atoms in total. The number of aliphatic carboxylic acids is 1. The summed E-state index contributed by atoms with van der Waals surface area (Å²) in [7, 11) is 0. The predicted octanol–water partition coefficient (Wildman–Crippen LogP) is 4.72. The van der Waals surface area contributed by atoms with Gasteiger partial charge in [-0.3, -0.25) is 4.79 Å². The monoisotopic (exact) mass is 406 g/mol. The Morgan fingerprint density at radius 3 is 2.48 bits per heavy atom. The van der Waals surface area contributed by atoms with Gasteiger partial charge in [0.1, 0.15) is 0 Å². The topological polar surface area (TPSA) is 77.8 Å². The van der Waals surface area contributed by atoms with Gasteiger partial charge in [-0.2, -0.15) is 0 Å². The Balaban J connectivity index is 1.61. The van der Waals surface area contributed by atoms with Crippen LogP contribution in [0.4, 0.5) is 0 Å². The van der Waals surface area contributed by atoms with Crippen molar-refractivity contribution in [3.63, 3.8) is 0 Å². The minimum absolute atomic E-state index is 0.0786. The lowest BCUT2D eigenvalue weighted by Gasteiger charge is -2.64. The van der Waals surface area contributed by atoms with Gasteiger partial charge < -0.3 is 15.3 Å². The zero-order chi connectivity index (χ0) is 21.1. The molecule has 4 aliphatic carbocycles. The van der Waals surface area contributed by atoms with Crippen molar-refractivity contribution in [1.82, 2.24) is 0 Å². The SMILES string of the molecule is CC1C[C@@H]2C[C@H](O)CC[C@]2(C)[C@H]2C[C@H](O)[C@]3(C)[C@@H]([C@H](C)CCC(=O)O)CC[C@H]3[C@H]12. The highest BCUT2D eigenvalue weighted by Gasteiger charge is 2.65. The molecule has 4 rings (SSSR count). The molecular weight excluding hydrogens is 364 g/mol. The number of hydrogen-bond acceptors (Lipinski definition) is 3. The van der Waals surface area contributed by atoms with E-state index in [2.05, 4.69) is 27.7 Å². The molecule has 0 aromatic carbocycles. The molecule has 4 heteroatoms. The van der Waals surface area contributed by atoms with Crippen LogP contribution in [0.5, 0.6) is 0 Å². The normalized spacial score (nSPS) is 52.9. The number of carboxylic acid groups (broad SMARTS) is 1. The fraction of sp³-hybridized carbons (Fsp3) is 0.960. The fourth-order valence-corrected chi connectivity index (χ4v) is 9.10. The summed E-state index contributed by atoms with van der Waals surface area (Å²) < 4.78 is 0. The van der Waals surface area contributed by atoms with E-state index in [1.54, 1.807) is 0 Å². The number of aliphatic hydroxyl groups excluding tert-OH is 2. The first-order valence-corrected chi connectivity index (χ1v) is 12.2. The summed E-state index contributed by atoms with van der Waals surface area (Å²) in [5, 5.41) is 31.0. The van der Waals surface area contributed by atoms with Gasteiger partial charge in [0.25, 0.3) is 0 Å². The molecule has 0 aliphatic heterocycles. The van der Waals surface area contributed by atoms with Crippen molar-refractivity contribution in [3.8, 4) is 0 Å². The van der Waals surface area contributed by atoms with Crippen LogP contribution in [0, 0.1) is 52.3 Å². The van der Waals surface area contributed by atoms with E-state index >= 15 is 0 Å². The third-order valence-corrected chi connectivity index (χ3v) is 10.7. The molecule has 0 amide bonds. The maximum absolute atomic E-state index is 11.6. The van der Waals surface area contributed by atoms with E-state index in [9.17, 15) is 15.0 Å². The number of fused-ring (bicyclic) bond motifs is 5. The first-order chi connectivity index (χ1) is 13.6. The molecule has 11 atom stereocenters. The van der Waals surface area contributed by atoms with Crippen molar-refractivity contribution in [2.24, 2.45) is 52.3 Å². The van der Waals surface area contributed by atoms with Crippen molar-refractivity contribution >= 4 is 5.97 Å². The molecule has 3 N–H and O–H groups in total. The van der Waals surface area contributed by atoms with Crippen LogP contribution < -0.4 is 0 Å². The lowest BCUT2D eigenvalue weighted by atomic mass is 9.42. The first kappa shape index (κ1) is 21.6. The number of carbonyl (C=O) groups is 1. The van der Waals surface area contributed by atoms with E-state index in [1.807, 2.05) is 0 Å². The van der Waals surface area contributed by atoms with Gasteiger partial charge in [-0.05, 0) is 104 Å². The second-order valence-electron chi connectivity index (χ2n) is 11.8. The van der Waals surface area contributed by atoms with Crippen LogP contribution in [-0.4, -0.2) is 33.5 Å². The summed E-state index contributed by atoms with van der Waals surface area (Å²) in [4.78, 5) is 11.1. The second kappa shape index (κ2) is 7.51. The molecule has 0 saturated heterocycles. The van der Waals surface area contributed by atoms with Crippen LogP contribution in [-0.2, 0) is 4.79 Å².